The highest BCUT2D eigenvalue weighted by molar-refractivity contribution is 5.94. The molecule has 2 N–H and O–H groups in total. The number of carbonyl (C=O) groups excluding carboxylic acids is 1. The van der Waals surface area contributed by atoms with Gasteiger partial charge < -0.3 is 15.4 Å². The fourth-order valence-electron chi connectivity index (χ4n) is 1.70. The van der Waals surface area contributed by atoms with Crippen molar-refractivity contribution in [2.45, 2.75) is 21.3 Å². The van der Waals surface area contributed by atoms with Crippen LogP contribution in [0.2, 0.25) is 0 Å². The third-order valence-corrected chi connectivity index (χ3v) is 2.99. The molecular weight excluding hydrogens is 271 g/mol. The molecule has 0 unspecified atom stereocenters. The van der Waals surface area contributed by atoms with Crippen LogP contribution in [-0.4, -0.2) is 37.0 Å². The zero-order valence-corrected chi connectivity index (χ0v) is 11.9. The third-order valence-electron chi connectivity index (χ3n) is 2.99. The molecule has 0 aliphatic heterocycles. The van der Waals surface area contributed by atoms with E-state index in [1.54, 1.807) is 29.2 Å². The van der Waals surface area contributed by atoms with E-state index >= 15 is 0 Å². The van der Waals surface area contributed by atoms with Crippen molar-refractivity contribution in [3.05, 3.63) is 41.7 Å². The van der Waals surface area contributed by atoms with Crippen molar-refractivity contribution in [3.63, 3.8) is 0 Å². The molecule has 5 heteroatoms. The number of nitrogens with zero attached hydrogens (tertiary/aromatic N) is 1. The van der Waals surface area contributed by atoms with Gasteiger partial charge in [-0.2, -0.15) is 0 Å². The average molecular weight is 296 g/mol. The molecule has 4 nitrogen and oxygen atoms in total. The molecular formula is C16H25FN2O2. The fraction of sp³-hybridized carbons (Fsp3) is 0.438. The number of rotatable bonds is 7. The highest BCUT2D eigenvalue weighted by Crippen LogP contribution is 2.14. The second-order valence-electron chi connectivity index (χ2n) is 4.26. The number of amides is 1. The van der Waals surface area contributed by atoms with Crippen molar-refractivity contribution in [3.8, 4) is 5.75 Å². The smallest absolute Gasteiger partial charge is 0.253 e. The van der Waals surface area contributed by atoms with Gasteiger partial charge in [-0.1, -0.05) is 7.43 Å². The number of nitrogens with two attached hydrogens (primary N) is 1. The van der Waals surface area contributed by atoms with Gasteiger partial charge in [0.2, 0.25) is 0 Å². The van der Waals surface area contributed by atoms with E-state index in [9.17, 15) is 9.18 Å². The summed E-state index contributed by atoms with van der Waals surface area (Å²) in [6, 6.07) is 6.81. The van der Waals surface area contributed by atoms with Crippen LogP contribution in [0.3, 0.4) is 0 Å². The molecule has 1 amide bonds. The SMILES string of the molecule is C.CCN(CC)C(=O)c1ccc(OC/C(=C/F)CN)cc1. The van der Waals surface area contributed by atoms with E-state index in [2.05, 4.69) is 0 Å². The first kappa shape index (κ1) is 19.1. The largest absolute Gasteiger partial charge is 0.489 e. The van der Waals surface area contributed by atoms with E-state index in [4.69, 9.17) is 10.5 Å². The quantitative estimate of drug-likeness (QED) is 0.841. The Kier molecular flexibility index (Phi) is 9.05. The maximum absolute atomic E-state index is 12.3. The van der Waals surface area contributed by atoms with Gasteiger partial charge in [0.25, 0.3) is 5.91 Å². The molecule has 0 saturated carbocycles. The van der Waals surface area contributed by atoms with Crippen molar-refractivity contribution >= 4 is 5.91 Å². The van der Waals surface area contributed by atoms with Gasteiger partial charge >= 0.3 is 0 Å². The molecule has 0 saturated heterocycles. The van der Waals surface area contributed by atoms with Crippen LogP contribution in [0.25, 0.3) is 0 Å². The number of benzene rings is 1. The summed E-state index contributed by atoms with van der Waals surface area (Å²) < 4.78 is 17.7. The molecule has 1 aromatic rings. The van der Waals surface area contributed by atoms with Crippen molar-refractivity contribution in [1.82, 2.24) is 4.90 Å². The summed E-state index contributed by atoms with van der Waals surface area (Å²) in [6.45, 7) is 5.46. The summed E-state index contributed by atoms with van der Waals surface area (Å²) >= 11 is 0. The van der Waals surface area contributed by atoms with Crippen LogP contribution >= 0.6 is 0 Å². The lowest BCUT2D eigenvalue weighted by Gasteiger charge is -2.18. The van der Waals surface area contributed by atoms with E-state index in [1.807, 2.05) is 13.8 Å². The maximum Gasteiger partial charge on any atom is 0.253 e. The molecule has 1 aromatic carbocycles. The van der Waals surface area contributed by atoms with Crippen LogP contribution in [0, 0.1) is 0 Å². The summed E-state index contributed by atoms with van der Waals surface area (Å²) in [5, 5.41) is 0. The zero-order chi connectivity index (χ0) is 15.0. The molecule has 0 aliphatic carbocycles. The Morgan fingerprint density at radius 2 is 1.86 bits per heavy atom. The molecule has 0 fully saturated rings. The molecule has 0 bridgehead atoms. The third kappa shape index (κ3) is 5.55. The lowest BCUT2D eigenvalue weighted by atomic mass is 10.2. The summed E-state index contributed by atoms with van der Waals surface area (Å²) in [4.78, 5) is 13.8. The van der Waals surface area contributed by atoms with Crippen LogP contribution in [-0.2, 0) is 0 Å². The Balaban J connectivity index is 0.00000400. The molecule has 0 heterocycles. The first-order valence-corrected chi connectivity index (χ1v) is 6.66. The fourth-order valence-corrected chi connectivity index (χ4v) is 1.70. The second kappa shape index (κ2) is 9.94. The Bertz CT molecular complexity index is 454. The van der Waals surface area contributed by atoms with Crippen molar-refractivity contribution in [2.24, 2.45) is 5.73 Å². The Labute approximate surface area is 126 Å². The van der Waals surface area contributed by atoms with Crippen molar-refractivity contribution in [1.29, 1.82) is 0 Å². The minimum absolute atomic E-state index is 0. The second-order valence-corrected chi connectivity index (χ2v) is 4.26. The summed E-state index contributed by atoms with van der Waals surface area (Å²) in [7, 11) is 0. The van der Waals surface area contributed by atoms with E-state index in [0.29, 0.717) is 36.3 Å². The Morgan fingerprint density at radius 1 is 1.29 bits per heavy atom. The molecule has 0 aromatic heterocycles. The topological polar surface area (TPSA) is 55.6 Å². The van der Waals surface area contributed by atoms with Gasteiger partial charge in [0.05, 0.1) is 6.33 Å². The van der Waals surface area contributed by atoms with Crippen LogP contribution < -0.4 is 10.5 Å². The summed E-state index contributed by atoms with van der Waals surface area (Å²) in [6.07, 6.45) is 0.457. The van der Waals surface area contributed by atoms with E-state index in [0.717, 1.165) is 0 Å². The van der Waals surface area contributed by atoms with Crippen LogP contribution in [0.15, 0.2) is 36.2 Å². The number of hydrogen-bond acceptors (Lipinski definition) is 3. The van der Waals surface area contributed by atoms with Gasteiger partial charge in [0.15, 0.2) is 0 Å². The van der Waals surface area contributed by atoms with Gasteiger partial charge in [0, 0.05) is 30.8 Å². The lowest BCUT2D eigenvalue weighted by molar-refractivity contribution is 0.0773. The Morgan fingerprint density at radius 3 is 2.29 bits per heavy atom. The van der Waals surface area contributed by atoms with Crippen molar-refractivity contribution < 1.29 is 13.9 Å². The predicted molar refractivity (Wildman–Crippen MR) is 84.2 cm³/mol. The van der Waals surface area contributed by atoms with Gasteiger partial charge in [-0.25, -0.2) is 4.39 Å². The van der Waals surface area contributed by atoms with Crippen LogP contribution in [0.1, 0.15) is 31.6 Å². The number of halogens is 1. The minimum Gasteiger partial charge on any atom is -0.489 e. The monoisotopic (exact) mass is 296 g/mol. The first-order chi connectivity index (χ1) is 9.65. The summed E-state index contributed by atoms with van der Waals surface area (Å²) in [5.74, 6) is 0.571. The number of hydrogen-bond donors (Lipinski definition) is 1. The summed E-state index contributed by atoms with van der Waals surface area (Å²) in [5.41, 5.74) is 6.33. The highest BCUT2D eigenvalue weighted by atomic mass is 19.1. The van der Waals surface area contributed by atoms with E-state index < -0.39 is 0 Å². The molecule has 118 valence electrons. The van der Waals surface area contributed by atoms with Crippen molar-refractivity contribution in [2.75, 3.05) is 26.2 Å². The molecule has 0 spiro atoms. The Hall–Kier alpha value is -1.88. The molecule has 0 aliphatic rings. The normalized spacial score (nSPS) is 10.8. The standard InChI is InChI=1S/C15H21FN2O2.CH4/c1-3-18(4-2)15(19)13-5-7-14(8-6-13)20-11-12(9-16)10-17;/h5-9H,3-4,10-11,17H2,1-2H3;1H4/b12-9+;. The molecule has 0 radical (unpaired) electrons. The molecule has 1 rings (SSSR count). The maximum atomic E-state index is 12.3. The number of ether oxygens (including phenoxy) is 1. The highest BCUT2D eigenvalue weighted by Gasteiger charge is 2.12. The average Bonchev–Trinajstić information content (AvgIpc) is 2.50. The van der Waals surface area contributed by atoms with Gasteiger partial charge in [-0.05, 0) is 38.1 Å². The minimum atomic E-state index is -0.00662. The molecule has 21 heavy (non-hydrogen) atoms. The van der Waals surface area contributed by atoms with Gasteiger partial charge in [-0.3, -0.25) is 4.79 Å². The van der Waals surface area contributed by atoms with Gasteiger partial charge in [-0.15, -0.1) is 0 Å². The van der Waals surface area contributed by atoms with E-state index in [-0.39, 0.29) is 26.5 Å². The number of carbonyl (C=O) groups is 1. The van der Waals surface area contributed by atoms with E-state index in [1.165, 1.54) is 0 Å². The predicted octanol–water partition coefficient (Wildman–Crippen LogP) is 3.00. The first-order valence-electron chi connectivity index (χ1n) is 6.66. The zero-order valence-electron chi connectivity index (χ0n) is 11.9. The van der Waals surface area contributed by atoms with Crippen LogP contribution in [0.5, 0.6) is 5.75 Å². The lowest BCUT2D eigenvalue weighted by Crippen LogP contribution is -2.30. The van der Waals surface area contributed by atoms with Crippen LogP contribution in [0.4, 0.5) is 4.39 Å². The van der Waals surface area contributed by atoms with Gasteiger partial charge in [0.1, 0.15) is 12.4 Å². The molecule has 0 atom stereocenters.